The van der Waals surface area contributed by atoms with Gasteiger partial charge in [0.15, 0.2) is 0 Å². The summed E-state index contributed by atoms with van der Waals surface area (Å²) in [6.07, 6.45) is 1.92. The molecule has 1 aliphatic heterocycles. The van der Waals surface area contributed by atoms with E-state index < -0.39 is 0 Å². The Morgan fingerprint density at radius 3 is 2.84 bits per heavy atom. The van der Waals surface area contributed by atoms with Crippen LogP contribution in [-0.2, 0) is 9.53 Å². The SMILES string of the molecule is COc1ccccc1NC(=O)CNC1CCOCC1. The number of para-hydroxylation sites is 2. The molecule has 0 unspecified atom stereocenters. The second-order valence-electron chi connectivity index (χ2n) is 4.52. The molecular weight excluding hydrogens is 244 g/mol. The van der Waals surface area contributed by atoms with Crippen molar-refractivity contribution in [3.05, 3.63) is 24.3 Å². The molecule has 5 nitrogen and oxygen atoms in total. The van der Waals surface area contributed by atoms with Crippen LogP contribution in [0.25, 0.3) is 0 Å². The van der Waals surface area contributed by atoms with Crippen LogP contribution in [0.5, 0.6) is 5.75 Å². The predicted octanol–water partition coefficient (Wildman–Crippen LogP) is 1.40. The lowest BCUT2D eigenvalue weighted by molar-refractivity contribution is -0.115. The quantitative estimate of drug-likeness (QED) is 0.844. The van der Waals surface area contributed by atoms with E-state index in [0.29, 0.717) is 24.0 Å². The number of methoxy groups -OCH3 is 1. The molecular formula is C14H20N2O3. The molecule has 5 heteroatoms. The molecule has 1 aliphatic rings. The number of amides is 1. The zero-order valence-electron chi connectivity index (χ0n) is 11.1. The van der Waals surface area contributed by atoms with Crippen molar-refractivity contribution >= 4 is 11.6 Å². The molecule has 2 N–H and O–H groups in total. The zero-order valence-corrected chi connectivity index (χ0v) is 11.1. The normalized spacial score (nSPS) is 16.1. The van der Waals surface area contributed by atoms with E-state index in [0.717, 1.165) is 26.1 Å². The van der Waals surface area contributed by atoms with E-state index in [-0.39, 0.29) is 5.91 Å². The lowest BCUT2D eigenvalue weighted by atomic mass is 10.1. The van der Waals surface area contributed by atoms with Gasteiger partial charge in [-0.25, -0.2) is 0 Å². The molecule has 1 saturated heterocycles. The fourth-order valence-electron chi connectivity index (χ4n) is 2.08. The second kappa shape index (κ2) is 7.11. The zero-order chi connectivity index (χ0) is 13.5. The molecule has 0 saturated carbocycles. The highest BCUT2D eigenvalue weighted by molar-refractivity contribution is 5.93. The second-order valence-corrected chi connectivity index (χ2v) is 4.52. The summed E-state index contributed by atoms with van der Waals surface area (Å²) < 4.78 is 10.5. The summed E-state index contributed by atoms with van der Waals surface area (Å²) in [5.41, 5.74) is 0.698. The maximum atomic E-state index is 11.9. The van der Waals surface area contributed by atoms with Gasteiger partial charge in [-0.3, -0.25) is 4.79 Å². The molecule has 104 valence electrons. The molecule has 19 heavy (non-hydrogen) atoms. The molecule has 0 radical (unpaired) electrons. The van der Waals surface area contributed by atoms with Crippen LogP contribution < -0.4 is 15.4 Å². The van der Waals surface area contributed by atoms with Gasteiger partial charge in [0.25, 0.3) is 0 Å². The first-order valence-corrected chi connectivity index (χ1v) is 6.53. The van der Waals surface area contributed by atoms with Gasteiger partial charge in [0.2, 0.25) is 5.91 Å². The number of carbonyl (C=O) groups excluding carboxylic acids is 1. The van der Waals surface area contributed by atoms with Crippen molar-refractivity contribution < 1.29 is 14.3 Å². The third-order valence-corrected chi connectivity index (χ3v) is 3.15. The molecule has 0 spiro atoms. The van der Waals surface area contributed by atoms with Crippen molar-refractivity contribution in [2.75, 3.05) is 32.2 Å². The average molecular weight is 264 g/mol. The topological polar surface area (TPSA) is 59.6 Å². The fourth-order valence-corrected chi connectivity index (χ4v) is 2.08. The number of anilines is 1. The highest BCUT2D eigenvalue weighted by Gasteiger charge is 2.14. The minimum absolute atomic E-state index is 0.0593. The Kier molecular flexibility index (Phi) is 5.18. The molecule has 1 heterocycles. The minimum atomic E-state index is -0.0593. The molecule has 0 bridgehead atoms. The fraction of sp³-hybridized carbons (Fsp3) is 0.500. The Morgan fingerprint density at radius 2 is 2.11 bits per heavy atom. The largest absolute Gasteiger partial charge is 0.495 e. The molecule has 0 aliphatic carbocycles. The van der Waals surface area contributed by atoms with Crippen LogP contribution in [0.4, 0.5) is 5.69 Å². The lowest BCUT2D eigenvalue weighted by Crippen LogP contribution is -2.39. The number of carbonyl (C=O) groups is 1. The summed E-state index contributed by atoms with van der Waals surface area (Å²) in [4.78, 5) is 11.9. The summed E-state index contributed by atoms with van der Waals surface area (Å²) in [7, 11) is 1.59. The first-order chi connectivity index (χ1) is 9.29. The third kappa shape index (κ3) is 4.22. The summed E-state index contributed by atoms with van der Waals surface area (Å²) in [6, 6.07) is 7.75. The first-order valence-electron chi connectivity index (χ1n) is 6.53. The smallest absolute Gasteiger partial charge is 0.238 e. The van der Waals surface area contributed by atoms with Gasteiger partial charge in [0.1, 0.15) is 5.75 Å². The molecule has 1 amide bonds. The van der Waals surface area contributed by atoms with Crippen LogP contribution >= 0.6 is 0 Å². The van der Waals surface area contributed by atoms with E-state index in [9.17, 15) is 4.79 Å². The van der Waals surface area contributed by atoms with Crippen molar-refractivity contribution in [2.24, 2.45) is 0 Å². The molecule has 2 rings (SSSR count). The molecule has 0 aromatic heterocycles. The van der Waals surface area contributed by atoms with E-state index in [1.54, 1.807) is 7.11 Å². The van der Waals surface area contributed by atoms with Crippen molar-refractivity contribution in [3.8, 4) is 5.75 Å². The highest BCUT2D eigenvalue weighted by atomic mass is 16.5. The van der Waals surface area contributed by atoms with Crippen LogP contribution in [0.15, 0.2) is 24.3 Å². The summed E-state index contributed by atoms with van der Waals surface area (Å²) in [5.74, 6) is 0.609. The summed E-state index contributed by atoms with van der Waals surface area (Å²) >= 11 is 0. The Bertz CT molecular complexity index is 417. The van der Waals surface area contributed by atoms with Crippen LogP contribution in [0.3, 0.4) is 0 Å². The number of ether oxygens (including phenoxy) is 2. The van der Waals surface area contributed by atoms with Crippen molar-refractivity contribution in [3.63, 3.8) is 0 Å². The maximum absolute atomic E-state index is 11.9. The molecule has 1 fully saturated rings. The lowest BCUT2D eigenvalue weighted by Gasteiger charge is -2.23. The van der Waals surface area contributed by atoms with E-state index >= 15 is 0 Å². The van der Waals surface area contributed by atoms with Crippen LogP contribution in [0.1, 0.15) is 12.8 Å². The maximum Gasteiger partial charge on any atom is 0.238 e. The Balaban J connectivity index is 1.80. The third-order valence-electron chi connectivity index (χ3n) is 3.15. The summed E-state index contributed by atoms with van der Waals surface area (Å²) in [5, 5.41) is 6.09. The monoisotopic (exact) mass is 264 g/mol. The number of hydrogen-bond acceptors (Lipinski definition) is 4. The van der Waals surface area contributed by atoms with Gasteiger partial charge < -0.3 is 20.1 Å². The van der Waals surface area contributed by atoms with Crippen LogP contribution in [-0.4, -0.2) is 38.8 Å². The van der Waals surface area contributed by atoms with Gasteiger partial charge in [-0.2, -0.15) is 0 Å². The van der Waals surface area contributed by atoms with E-state index in [1.807, 2.05) is 24.3 Å². The van der Waals surface area contributed by atoms with Crippen molar-refractivity contribution in [1.82, 2.24) is 5.32 Å². The van der Waals surface area contributed by atoms with Gasteiger partial charge in [-0.15, -0.1) is 0 Å². The average Bonchev–Trinajstić information content (AvgIpc) is 2.47. The van der Waals surface area contributed by atoms with Gasteiger partial charge >= 0.3 is 0 Å². The number of nitrogens with one attached hydrogen (secondary N) is 2. The standard InChI is InChI=1S/C14H20N2O3/c1-18-13-5-3-2-4-12(13)16-14(17)10-15-11-6-8-19-9-7-11/h2-5,11,15H,6-10H2,1H3,(H,16,17). The first kappa shape index (κ1) is 13.8. The number of rotatable bonds is 5. The predicted molar refractivity (Wildman–Crippen MR) is 73.5 cm³/mol. The molecule has 0 atom stereocenters. The molecule has 1 aromatic carbocycles. The van der Waals surface area contributed by atoms with Crippen LogP contribution in [0.2, 0.25) is 0 Å². The Labute approximate surface area is 113 Å². The van der Waals surface area contributed by atoms with E-state index in [4.69, 9.17) is 9.47 Å². The van der Waals surface area contributed by atoms with E-state index in [2.05, 4.69) is 10.6 Å². The Morgan fingerprint density at radius 1 is 1.37 bits per heavy atom. The summed E-state index contributed by atoms with van der Waals surface area (Å²) in [6.45, 7) is 1.85. The highest BCUT2D eigenvalue weighted by Crippen LogP contribution is 2.22. The molecule has 1 aromatic rings. The van der Waals surface area contributed by atoms with Gasteiger partial charge in [0.05, 0.1) is 19.3 Å². The van der Waals surface area contributed by atoms with Gasteiger partial charge in [0, 0.05) is 19.3 Å². The van der Waals surface area contributed by atoms with E-state index in [1.165, 1.54) is 0 Å². The van der Waals surface area contributed by atoms with Gasteiger partial charge in [-0.05, 0) is 25.0 Å². The number of hydrogen-bond donors (Lipinski definition) is 2. The number of benzene rings is 1. The Hall–Kier alpha value is -1.59. The van der Waals surface area contributed by atoms with Gasteiger partial charge in [-0.1, -0.05) is 12.1 Å². The van der Waals surface area contributed by atoms with Crippen molar-refractivity contribution in [1.29, 1.82) is 0 Å². The van der Waals surface area contributed by atoms with Crippen molar-refractivity contribution in [2.45, 2.75) is 18.9 Å². The van der Waals surface area contributed by atoms with Crippen LogP contribution in [0, 0.1) is 0 Å². The minimum Gasteiger partial charge on any atom is -0.495 e.